The molecule has 0 aromatic heterocycles. The summed E-state index contributed by atoms with van der Waals surface area (Å²) >= 11 is 0. The Hall–Kier alpha value is -2.49. The van der Waals surface area contributed by atoms with E-state index in [2.05, 4.69) is 24.1 Å². The second kappa shape index (κ2) is 8.39. The summed E-state index contributed by atoms with van der Waals surface area (Å²) < 4.78 is 5.72. The molecule has 4 heteroatoms. The van der Waals surface area contributed by atoms with Gasteiger partial charge in [0, 0.05) is 24.5 Å². The lowest BCUT2D eigenvalue weighted by atomic mass is 10.1. The Bertz CT molecular complexity index is 662. The van der Waals surface area contributed by atoms with Gasteiger partial charge in [-0.15, -0.1) is 0 Å². The lowest BCUT2D eigenvalue weighted by Gasteiger charge is -2.21. The van der Waals surface area contributed by atoms with E-state index in [1.807, 2.05) is 56.3 Å². The lowest BCUT2D eigenvalue weighted by molar-refractivity contribution is 0.102. The predicted octanol–water partition coefficient (Wildman–Crippen LogP) is 4.57. The van der Waals surface area contributed by atoms with Crippen LogP contribution in [0.25, 0.3) is 0 Å². The summed E-state index contributed by atoms with van der Waals surface area (Å²) in [6.45, 7) is 10.1. The normalized spacial score (nSPS) is 10.5. The fourth-order valence-corrected chi connectivity index (χ4v) is 2.55. The van der Waals surface area contributed by atoms with Crippen LogP contribution < -0.4 is 15.0 Å². The maximum absolute atomic E-state index is 12.5. The van der Waals surface area contributed by atoms with Crippen LogP contribution in [0, 0.1) is 0 Å². The van der Waals surface area contributed by atoms with Crippen molar-refractivity contribution in [2.24, 2.45) is 0 Å². The molecule has 0 saturated carbocycles. The van der Waals surface area contributed by atoms with Gasteiger partial charge in [0.2, 0.25) is 0 Å². The topological polar surface area (TPSA) is 41.6 Å². The van der Waals surface area contributed by atoms with Crippen molar-refractivity contribution in [3.63, 3.8) is 0 Å². The molecule has 0 radical (unpaired) electrons. The average molecular weight is 326 g/mol. The highest BCUT2D eigenvalue weighted by atomic mass is 16.5. The third kappa shape index (κ3) is 4.51. The fraction of sp³-hybridized carbons (Fsp3) is 0.350. The summed E-state index contributed by atoms with van der Waals surface area (Å²) in [7, 11) is 0. The molecule has 0 aliphatic rings. The molecule has 0 heterocycles. The number of hydrogen-bond acceptors (Lipinski definition) is 3. The van der Waals surface area contributed by atoms with Crippen LogP contribution >= 0.6 is 0 Å². The van der Waals surface area contributed by atoms with Gasteiger partial charge < -0.3 is 15.0 Å². The van der Waals surface area contributed by atoms with E-state index < -0.39 is 0 Å². The van der Waals surface area contributed by atoms with Crippen molar-refractivity contribution >= 4 is 17.3 Å². The quantitative estimate of drug-likeness (QED) is 0.810. The average Bonchev–Trinajstić information content (AvgIpc) is 2.57. The van der Waals surface area contributed by atoms with Crippen molar-refractivity contribution in [3.05, 3.63) is 54.1 Å². The molecule has 1 amide bonds. The molecule has 128 valence electrons. The molecule has 24 heavy (non-hydrogen) atoms. The molecule has 1 N–H and O–H groups in total. The molecule has 4 nitrogen and oxygen atoms in total. The second-order valence-corrected chi connectivity index (χ2v) is 5.84. The van der Waals surface area contributed by atoms with Crippen molar-refractivity contribution in [1.29, 1.82) is 0 Å². The number of nitrogens with one attached hydrogen (secondary N) is 1. The third-order valence-electron chi connectivity index (χ3n) is 3.75. The van der Waals surface area contributed by atoms with Crippen LogP contribution in [0.1, 0.15) is 38.1 Å². The van der Waals surface area contributed by atoms with Crippen molar-refractivity contribution in [2.45, 2.75) is 33.8 Å². The van der Waals surface area contributed by atoms with Crippen molar-refractivity contribution < 1.29 is 9.53 Å². The molecule has 0 saturated heterocycles. The van der Waals surface area contributed by atoms with Gasteiger partial charge in [0.25, 0.3) is 5.91 Å². The largest absolute Gasteiger partial charge is 0.490 e. The van der Waals surface area contributed by atoms with E-state index in [-0.39, 0.29) is 12.0 Å². The second-order valence-electron chi connectivity index (χ2n) is 5.84. The number of benzene rings is 2. The summed E-state index contributed by atoms with van der Waals surface area (Å²) in [5, 5.41) is 2.94. The molecule has 0 spiro atoms. The maximum atomic E-state index is 12.5. The van der Waals surface area contributed by atoms with Gasteiger partial charge in [-0.05, 0) is 64.1 Å². The van der Waals surface area contributed by atoms with Crippen LogP contribution in [0.4, 0.5) is 11.4 Å². The van der Waals surface area contributed by atoms with Crippen LogP contribution in [-0.2, 0) is 0 Å². The van der Waals surface area contributed by atoms with Crippen molar-refractivity contribution in [1.82, 2.24) is 0 Å². The van der Waals surface area contributed by atoms with E-state index in [1.165, 1.54) is 0 Å². The minimum atomic E-state index is -0.165. The number of para-hydroxylation sites is 1. The molecule has 0 aliphatic carbocycles. The van der Waals surface area contributed by atoms with Gasteiger partial charge in [0.1, 0.15) is 5.75 Å². The summed E-state index contributed by atoms with van der Waals surface area (Å²) in [6, 6.07) is 15.2. The summed E-state index contributed by atoms with van der Waals surface area (Å²) in [5.41, 5.74) is 2.47. The Balaban J connectivity index is 2.13. The van der Waals surface area contributed by atoms with Gasteiger partial charge in [-0.3, -0.25) is 4.79 Å². The van der Waals surface area contributed by atoms with E-state index in [1.54, 1.807) is 6.07 Å². The lowest BCUT2D eigenvalue weighted by Crippen LogP contribution is -2.21. The first-order valence-corrected chi connectivity index (χ1v) is 8.47. The molecule has 0 unspecified atom stereocenters. The Morgan fingerprint density at radius 3 is 2.25 bits per heavy atom. The van der Waals surface area contributed by atoms with Crippen LogP contribution in [0.5, 0.6) is 5.75 Å². The Kier molecular flexibility index (Phi) is 6.24. The molecule has 0 bridgehead atoms. The minimum Gasteiger partial charge on any atom is -0.490 e. The number of ether oxygens (including phenoxy) is 1. The highest BCUT2D eigenvalue weighted by Gasteiger charge is 2.13. The van der Waals surface area contributed by atoms with Crippen molar-refractivity contribution in [2.75, 3.05) is 23.3 Å². The SMILES string of the molecule is CCN(CC)c1ccc(NC(=O)c2ccccc2OC(C)C)cc1. The van der Waals surface area contributed by atoms with Gasteiger partial charge in [-0.25, -0.2) is 0 Å². The van der Waals surface area contributed by atoms with Crippen LogP contribution in [0.2, 0.25) is 0 Å². The highest BCUT2D eigenvalue weighted by molar-refractivity contribution is 6.06. The predicted molar refractivity (Wildman–Crippen MR) is 100 cm³/mol. The smallest absolute Gasteiger partial charge is 0.259 e. The molecule has 0 aliphatic heterocycles. The Morgan fingerprint density at radius 1 is 1.04 bits per heavy atom. The summed E-state index contributed by atoms with van der Waals surface area (Å²) in [4.78, 5) is 14.8. The van der Waals surface area contributed by atoms with Gasteiger partial charge in [0.05, 0.1) is 11.7 Å². The number of amides is 1. The number of carbonyl (C=O) groups excluding carboxylic acids is 1. The van der Waals surface area contributed by atoms with E-state index in [4.69, 9.17) is 4.74 Å². The molecule has 2 aromatic carbocycles. The first kappa shape index (κ1) is 17.9. The fourth-order valence-electron chi connectivity index (χ4n) is 2.55. The van der Waals surface area contributed by atoms with E-state index in [0.29, 0.717) is 11.3 Å². The van der Waals surface area contributed by atoms with E-state index in [0.717, 1.165) is 24.5 Å². The minimum absolute atomic E-state index is 0.0207. The maximum Gasteiger partial charge on any atom is 0.259 e. The molecule has 2 rings (SSSR count). The first-order valence-electron chi connectivity index (χ1n) is 8.47. The Morgan fingerprint density at radius 2 is 1.67 bits per heavy atom. The van der Waals surface area contributed by atoms with Gasteiger partial charge in [-0.2, -0.15) is 0 Å². The van der Waals surface area contributed by atoms with Crippen molar-refractivity contribution in [3.8, 4) is 5.75 Å². The number of rotatable bonds is 7. The zero-order chi connectivity index (χ0) is 17.5. The molecule has 0 atom stereocenters. The van der Waals surface area contributed by atoms with Gasteiger partial charge in [0.15, 0.2) is 0 Å². The number of hydrogen-bond donors (Lipinski definition) is 1. The van der Waals surface area contributed by atoms with E-state index >= 15 is 0 Å². The van der Waals surface area contributed by atoms with Crippen LogP contribution in [0.15, 0.2) is 48.5 Å². The van der Waals surface area contributed by atoms with Gasteiger partial charge >= 0.3 is 0 Å². The third-order valence-corrected chi connectivity index (χ3v) is 3.75. The van der Waals surface area contributed by atoms with Gasteiger partial charge in [-0.1, -0.05) is 12.1 Å². The number of anilines is 2. The number of nitrogens with zero attached hydrogens (tertiary/aromatic N) is 1. The Labute approximate surface area is 144 Å². The zero-order valence-electron chi connectivity index (χ0n) is 14.9. The first-order chi connectivity index (χ1) is 11.5. The van der Waals surface area contributed by atoms with Crippen LogP contribution in [-0.4, -0.2) is 25.1 Å². The summed E-state index contributed by atoms with van der Waals surface area (Å²) in [5.74, 6) is 0.437. The molecular weight excluding hydrogens is 300 g/mol. The number of carbonyl (C=O) groups is 1. The highest BCUT2D eigenvalue weighted by Crippen LogP contribution is 2.22. The van der Waals surface area contributed by atoms with E-state index in [9.17, 15) is 4.79 Å². The monoisotopic (exact) mass is 326 g/mol. The van der Waals surface area contributed by atoms with Crippen LogP contribution in [0.3, 0.4) is 0 Å². The molecule has 0 fully saturated rings. The zero-order valence-corrected chi connectivity index (χ0v) is 14.9. The molecular formula is C20H26N2O2. The standard InChI is InChI=1S/C20H26N2O2/c1-5-22(6-2)17-13-11-16(12-14-17)21-20(23)18-9-7-8-10-19(18)24-15(3)4/h7-15H,5-6H2,1-4H3,(H,21,23). The summed E-state index contributed by atoms with van der Waals surface area (Å²) in [6.07, 6.45) is 0.0207. The molecule has 2 aromatic rings.